The molecule has 1 heterocycles. The van der Waals surface area contributed by atoms with E-state index in [9.17, 15) is 14.4 Å². The second-order valence-corrected chi connectivity index (χ2v) is 7.39. The molecule has 1 aliphatic rings. The molecule has 0 aromatic heterocycles. The van der Waals surface area contributed by atoms with Crippen molar-refractivity contribution in [2.24, 2.45) is 0 Å². The van der Waals surface area contributed by atoms with Gasteiger partial charge in [0, 0.05) is 0 Å². The number of barbiturate groups is 1. The Morgan fingerprint density at radius 3 is 2.00 bits per heavy atom. The van der Waals surface area contributed by atoms with Crippen LogP contribution in [0.25, 0.3) is 27.6 Å². The van der Waals surface area contributed by atoms with Crippen LogP contribution in [0.1, 0.15) is 5.56 Å². The SMILES string of the molecule is COc1ccc(N2C(=O)NC(=O)/C(=C/c3c4ccccc4cc4ccccc34)C2=O)cc1. The van der Waals surface area contributed by atoms with E-state index in [-0.39, 0.29) is 5.57 Å². The molecule has 1 aliphatic heterocycles. The number of nitrogens with one attached hydrogen (secondary N) is 1. The van der Waals surface area contributed by atoms with Crippen molar-refractivity contribution in [3.63, 3.8) is 0 Å². The maximum Gasteiger partial charge on any atom is 0.335 e. The lowest BCUT2D eigenvalue weighted by Gasteiger charge is -2.26. The van der Waals surface area contributed by atoms with Crippen LogP contribution >= 0.6 is 0 Å². The van der Waals surface area contributed by atoms with Crippen LogP contribution in [0.5, 0.6) is 5.75 Å². The molecule has 4 aromatic carbocycles. The molecule has 0 saturated carbocycles. The minimum atomic E-state index is -0.787. The van der Waals surface area contributed by atoms with Crippen molar-refractivity contribution in [1.82, 2.24) is 5.32 Å². The zero-order valence-corrected chi connectivity index (χ0v) is 17.2. The summed E-state index contributed by atoms with van der Waals surface area (Å²) in [4.78, 5) is 39.5. The summed E-state index contributed by atoms with van der Waals surface area (Å²) < 4.78 is 5.14. The standard InChI is InChI=1S/C26H18N2O4/c1-32-19-12-10-18(11-13-19)28-25(30)23(24(29)27-26(28)31)15-22-20-8-4-2-6-16(20)14-17-7-3-5-9-21(17)22/h2-15H,1H3,(H,27,29,31)/b23-15-. The Labute approximate surface area is 183 Å². The summed E-state index contributed by atoms with van der Waals surface area (Å²) in [6.45, 7) is 0. The highest BCUT2D eigenvalue weighted by Gasteiger charge is 2.37. The first kappa shape index (κ1) is 19.5. The zero-order valence-electron chi connectivity index (χ0n) is 17.2. The molecule has 32 heavy (non-hydrogen) atoms. The third kappa shape index (κ3) is 3.18. The lowest BCUT2D eigenvalue weighted by atomic mass is 9.94. The molecule has 0 unspecified atom stereocenters. The summed E-state index contributed by atoms with van der Waals surface area (Å²) >= 11 is 0. The molecule has 0 atom stereocenters. The van der Waals surface area contributed by atoms with Gasteiger partial charge in [-0.25, -0.2) is 9.69 Å². The first-order chi connectivity index (χ1) is 15.6. The molecule has 0 aliphatic carbocycles. The van der Waals surface area contributed by atoms with E-state index in [0.717, 1.165) is 32.0 Å². The van der Waals surface area contributed by atoms with Gasteiger partial charge in [-0.1, -0.05) is 48.5 Å². The monoisotopic (exact) mass is 422 g/mol. The number of fused-ring (bicyclic) bond motifs is 2. The van der Waals surface area contributed by atoms with Crippen LogP contribution in [0.3, 0.4) is 0 Å². The number of ether oxygens (including phenoxy) is 1. The molecular weight excluding hydrogens is 404 g/mol. The third-order valence-electron chi connectivity index (χ3n) is 5.53. The molecule has 1 fully saturated rings. The number of benzene rings is 4. The van der Waals surface area contributed by atoms with Gasteiger partial charge in [0.05, 0.1) is 12.8 Å². The van der Waals surface area contributed by atoms with Crippen LogP contribution in [0, 0.1) is 0 Å². The van der Waals surface area contributed by atoms with Gasteiger partial charge in [-0.3, -0.25) is 14.9 Å². The van der Waals surface area contributed by atoms with Gasteiger partial charge in [-0.15, -0.1) is 0 Å². The Morgan fingerprint density at radius 1 is 0.812 bits per heavy atom. The van der Waals surface area contributed by atoms with Crippen LogP contribution in [-0.4, -0.2) is 25.0 Å². The minimum Gasteiger partial charge on any atom is -0.497 e. The fourth-order valence-electron chi connectivity index (χ4n) is 3.97. The average Bonchev–Trinajstić information content (AvgIpc) is 2.81. The van der Waals surface area contributed by atoms with Gasteiger partial charge >= 0.3 is 6.03 Å². The van der Waals surface area contributed by atoms with Crippen LogP contribution in [0.15, 0.2) is 84.4 Å². The number of amides is 4. The predicted molar refractivity (Wildman–Crippen MR) is 123 cm³/mol. The fraction of sp³-hybridized carbons (Fsp3) is 0.0385. The van der Waals surface area contributed by atoms with Gasteiger partial charge in [0.2, 0.25) is 0 Å². The Bertz CT molecular complexity index is 1380. The van der Waals surface area contributed by atoms with Gasteiger partial charge in [-0.2, -0.15) is 0 Å². The molecule has 156 valence electrons. The molecule has 0 spiro atoms. The Hall–Kier alpha value is -4.45. The summed E-state index contributed by atoms with van der Waals surface area (Å²) in [7, 11) is 1.53. The number of hydrogen-bond acceptors (Lipinski definition) is 4. The van der Waals surface area contributed by atoms with Gasteiger partial charge in [-0.05, 0) is 63.5 Å². The number of imide groups is 2. The number of carbonyl (C=O) groups is 3. The van der Waals surface area contributed by atoms with Crippen LogP contribution in [-0.2, 0) is 9.59 Å². The molecule has 1 saturated heterocycles. The van der Waals surface area contributed by atoms with E-state index in [2.05, 4.69) is 11.4 Å². The summed E-state index contributed by atoms with van der Waals surface area (Å²) in [5.74, 6) is -0.810. The number of methoxy groups -OCH3 is 1. The van der Waals surface area contributed by atoms with Crippen LogP contribution in [0.2, 0.25) is 0 Å². The van der Waals surface area contributed by atoms with E-state index in [4.69, 9.17) is 4.74 Å². The second-order valence-electron chi connectivity index (χ2n) is 7.39. The van der Waals surface area contributed by atoms with Crippen LogP contribution in [0.4, 0.5) is 10.5 Å². The third-order valence-corrected chi connectivity index (χ3v) is 5.53. The van der Waals surface area contributed by atoms with Crippen molar-refractivity contribution >= 4 is 51.2 Å². The molecule has 4 aromatic rings. The minimum absolute atomic E-state index is 0.109. The smallest absolute Gasteiger partial charge is 0.335 e. The van der Waals surface area contributed by atoms with Crippen molar-refractivity contribution in [2.75, 3.05) is 12.0 Å². The molecule has 6 heteroatoms. The Kier molecular flexibility index (Phi) is 4.67. The van der Waals surface area contributed by atoms with Crippen molar-refractivity contribution in [3.05, 3.63) is 90.0 Å². The topological polar surface area (TPSA) is 75.7 Å². The lowest BCUT2D eigenvalue weighted by molar-refractivity contribution is -0.122. The lowest BCUT2D eigenvalue weighted by Crippen LogP contribution is -2.54. The second kappa shape index (κ2) is 7.67. The van der Waals surface area contributed by atoms with Gasteiger partial charge < -0.3 is 4.74 Å². The number of nitrogens with zero attached hydrogens (tertiary/aromatic N) is 1. The van der Waals surface area contributed by atoms with Crippen molar-refractivity contribution < 1.29 is 19.1 Å². The Morgan fingerprint density at radius 2 is 1.41 bits per heavy atom. The van der Waals surface area contributed by atoms with E-state index in [0.29, 0.717) is 11.4 Å². The maximum atomic E-state index is 13.3. The predicted octanol–water partition coefficient (Wildman–Crippen LogP) is 4.67. The molecule has 1 N–H and O–H groups in total. The molecule has 5 rings (SSSR count). The first-order valence-electron chi connectivity index (χ1n) is 10.0. The highest BCUT2D eigenvalue weighted by Crippen LogP contribution is 2.31. The normalized spacial score (nSPS) is 15.5. The molecule has 4 amide bonds. The van der Waals surface area contributed by atoms with Crippen molar-refractivity contribution in [2.45, 2.75) is 0 Å². The summed E-state index contributed by atoms with van der Waals surface area (Å²) in [5, 5.41) is 6.08. The van der Waals surface area contributed by atoms with E-state index in [1.807, 2.05) is 48.5 Å². The van der Waals surface area contributed by atoms with E-state index >= 15 is 0 Å². The van der Waals surface area contributed by atoms with Gasteiger partial charge in [0.1, 0.15) is 11.3 Å². The molecule has 6 nitrogen and oxygen atoms in total. The first-order valence-corrected chi connectivity index (χ1v) is 10.0. The highest BCUT2D eigenvalue weighted by atomic mass is 16.5. The number of rotatable bonds is 3. The van der Waals surface area contributed by atoms with E-state index in [1.165, 1.54) is 7.11 Å². The summed E-state index contributed by atoms with van der Waals surface area (Å²) in [6, 6.07) is 23.3. The van der Waals surface area contributed by atoms with Crippen molar-refractivity contribution in [3.8, 4) is 5.75 Å². The number of anilines is 1. The zero-order chi connectivity index (χ0) is 22.2. The molecule has 0 radical (unpaired) electrons. The number of urea groups is 1. The average molecular weight is 422 g/mol. The van der Waals surface area contributed by atoms with Crippen molar-refractivity contribution in [1.29, 1.82) is 0 Å². The summed E-state index contributed by atoms with van der Waals surface area (Å²) in [6.07, 6.45) is 1.57. The van der Waals surface area contributed by atoms with E-state index < -0.39 is 17.8 Å². The summed E-state index contributed by atoms with van der Waals surface area (Å²) in [5.41, 5.74) is 0.984. The fourth-order valence-corrected chi connectivity index (χ4v) is 3.97. The largest absolute Gasteiger partial charge is 0.497 e. The number of hydrogen-bond donors (Lipinski definition) is 1. The maximum absolute atomic E-state index is 13.3. The van der Waals surface area contributed by atoms with E-state index in [1.54, 1.807) is 30.3 Å². The number of carbonyl (C=O) groups excluding carboxylic acids is 3. The quantitative estimate of drug-likeness (QED) is 0.296. The highest BCUT2D eigenvalue weighted by molar-refractivity contribution is 6.39. The Balaban J connectivity index is 1.68. The molecular formula is C26H18N2O4. The molecule has 0 bridgehead atoms. The van der Waals surface area contributed by atoms with Gasteiger partial charge in [0.25, 0.3) is 11.8 Å². The van der Waals surface area contributed by atoms with Gasteiger partial charge in [0.15, 0.2) is 0 Å². The van der Waals surface area contributed by atoms with Crippen LogP contribution < -0.4 is 15.0 Å².